The lowest BCUT2D eigenvalue weighted by atomic mass is 10.0. The first-order valence-corrected chi connectivity index (χ1v) is 6.26. The Kier molecular flexibility index (Phi) is 5.45. The molecule has 2 N–H and O–H groups in total. The van der Waals surface area contributed by atoms with Crippen LogP contribution in [0.15, 0.2) is 18.2 Å². The normalized spacial score (nSPS) is 16.3. The predicted molar refractivity (Wildman–Crippen MR) is 76.5 cm³/mol. The van der Waals surface area contributed by atoms with E-state index in [0.717, 1.165) is 31.5 Å². The molecule has 0 bridgehead atoms. The van der Waals surface area contributed by atoms with Gasteiger partial charge in [-0.3, -0.25) is 4.79 Å². The molecule has 1 aliphatic heterocycles. The van der Waals surface area contributed by atoms with Gasteiger partial charge in [0, 0.05) is 29.7 Å². The second-order valence-corrected chi connectivity index (χ2v) is 5.08. The van der Waals surface area contributed by atoms with Crippen LogP contribution in [0.25, 0.3) is 0 Å². The van der Waals surface area contributed by atoms with Crippen LogP contribution in [0.5, 0.6) is 0 Å². The number of likely N-dealkylation sites (tertiary alicyclic amines) is 1. The number of amides is 1. The van der Waals surface area contributed by atoms with Crippen molar-refractivity contribution in [2.24, 2.45) is 5.73 Å². The molecule has 0 aliphatic carbocycles. The molecule has 0 aromatic heterocycles. The molecule has 1 heterocycles. The van der Waals surface area contributed by atoms with Crippen molar-refractivity contribution in [1.82, 2.24) is 4.90 Å². The smallest absolute Gasteiger partial charge is 0.253 e. The van der Waals surface area contributed by atoms with Crippen LogP contribution in [0.2, 0.25) is 5.02 Å². The third-order valence-electron chi connectivity index (χ3n) is 3.12. The summed E-state index contributed by atoms with van der Waals surface area (Å²) in [5, 5.41) is 0.613. The monoisotopic (exact) mass is 288 g/mol. The van der Waals surface area contributed by atoms with E-state index in [2.05, 4.69) is 0 Å². The Balaban J connectivity index is 0.00000162. The third-order valence-corrected chi connectivity index (χ3v) is 3.33. The summed E-state index contributed by atoms with van der Waals surface area (Å²) in [6.07, 6.45) is 1.76. The highest BCUT2D eigenvalue weighted by molar-refractivity contribution is 6.31. The Hall–Kier alpha value is -0.770. The minimum Gasteiger partial charge on any atom is -0.339 e. The topological polar surface area (TPSA) is 46.3 Å². The lowest BCUT2D eigenvalue weighted by Crippen LogP contribution is -2.42. The van der Waals surface area contributed by atoms with Crippen molar-refractivity contribution in [2.45, 2.75) is 25.8 Å². The number of hydrogen-bond acceptors (Lipinski definition) is 2. The molecule has 1 aromatic carbocycles. The second kappa shape index (κ2) is 6.41. The molecule has 0 radical (unpaired) electrons. The van der Waals surface area contributed by atoms with Gasteiger partial charge in [0.25, 0.3) is 5.91 Å². The summed E-state index contributed by atoms with van der Waals surface area (Å²) in [6, 6.07) is 5.69. The van der Waals surface area contributed by atoms with E-state index in [1.54, 1.807) is 6.07 Å². The van der Waals surface area contributed by atoms with Crippen molar-refractivity contribution in [2.75, 3.05) is 13.1 Å². The van der Waals surface area contributed by atoms with Crippen LogP contribution in [-0.2, 0) is 0 Å². The molecule has 0 unspecified atom stereocenters. The molecule has 0 saturated carbocycles. The first-order chi connectivity index (χ1) is 8.06. The predicted octanol–water partition coefficient (Wildman–Crippen LogP) is 2.63. The van der Waals surface area contributed by atoms with Gasteiger partial charge in [-0.2, -0.15) is 0 Å². The Morgan fingerprint density at radius 2 is 1.94 bits per heavy atom. The van der Waals surface area contributed by atoms with Gasteiger partial charge >= 0.3 is 0 Å². The summed E-state index contributed by atoms with van der Waals surface area (Å²) in [5.41, 5.74) is 7.51. The molecule has 1 fully saturated rings. The number of carbonyl (C=O) groups excluding carboxylic acids is 1. The number of piperidine rings is 1. The molecule has 3 nitrogen and oxygen atoms in total. The first-order valence-electron chi connectivity index (χ1n) is 5.88. The fourth-order valence-electron chi connectivity index (χ4n) is 2.14. The van der Waals surface area contributed by atoms with E-state index in [9.17, 15) is 4.79 Å². The molecule has 0 atom stereocenters. The summed E-state index contributed by atoms with van der Waals surface area (Å²) in [7, 11) is 0. The largest absolute Gasteiger partial charge is 0.339 e. The molecule has 1 saturated heterocycles. The van der Waals surface area contributed by atoms with Crippen molar-refractivity contribution in [3.63, 3.8) is 0 Å². The van der Waals surface area contributed by atoms with Crippen molar-refractivity contribution in [3.8, 4) is 0 Å². The van der Waals surface area contributed by atoms with Crippen molar-refractivity contribution in [3.05, 3.63) is 34.3 Å². The highest BCUT2D eigenvalue weighted by Gasteiger charge is 2.21. The molecule has 18 heavy (non-hydrogen) atoms. The second-order valence-electron chi connectivity index (χ2n) is 4.65. The summed E-state index contributed by atoms with van der Waals surface area (Å²) >= 11 is 5.97. The molecular formula is C13H18Cl2N2O. The lowest BCUT2D eigenvalue weighted by Gasteiger charge is -2.30. The molecular weight excluding hydrogens is 271 g/mol. The lowest BCUT2D eigenvalue weighted by molar-refractivity contribution is 0.0714. The van der Waals surface area contributed by atoms with Gasteiger partial charge < -0.3 is 10.6 Å². The molecule has 1 aliphatic rings. The number of carbonyl (C=O) groups is 1. The Bertz CT molecular complexity index is 409. The fourth-order valence-corrected chi connectivity index (χ4v) is 2.43. The van der Waals surface area contributed by atoms with Crippen LogP contribution in [0.4, 0.5) is 0 Å². The standard InChI is InChI=1S/C13H17ClN2O.ClH/c1-9-6-10(8-11(14)7-9)13(17)16-4-2-12(15)3-5-16;/h6-8,12H,2-5,15H2,1H3;1H. The third kappa shape index (κ3) is 3.61. The van der Waals surface area contributed by atoms with Crippen LogP contribution in [0, 0.1) is 6.92 Å². The van der Waals surface area contributed by atoms with Crippen LogP contribution in [0.3, 0.4) is 0 Å². The molecule has 100 valence electrons. The molecule has 1 amide bonds. The molecule has 2 rings (SSSR count). The molecule has 1 aromatic rings. The number of nitrogens with zero attached hydrogens (tertiary/aromatic N) is 1. The van der Waals surface area contributed by atoms with E-state index in [-0.39, 0.29) is 24.4 Å². The van der Waals surface area contributed by atoms with Crippen molar-refractivity contribution < 1.29 is 4.79 Å². The minimum absolute atomic E-state index is 0. The number of aryl methyl sites for hydroxylation is 1. The Morgan fingerprint density at radius 1 is 1.33 bits per heavy atom. The van der Waals surface area contributed by atoms with Crippen molar-refractivity contribution in [1.29, 1.82) is 0 Å². The zero-order valence-corrected chi connectivity index (χ0v) is 11.9. The van der Waals surface area contributed by atoms with E-state index in [0.29, 0.717) is 10.6 Å². The summed E-state index contributed by atoms with van der Waals surface area (Å²) in [6.45, 7) is 3.42. The maximum Gasteiger partial charge on any atom is 0.253 e. The SMILES string of the molecule is Cc1cc(Cl)cc(C(=O)N2CCC(N)CC2)c1.Cl. The number of hydrogen-bond donors (Lipinski definition) is 1. The Morgan fingerprint density at radius 3 is 2.50 bits per heavy atom. The van der Waals surface area contributed by atoms with Crippen LogP contribution < -0.4 is 5.73 Å². The summed E-state index contributed by atoms with van der Waals surface area (Å²) in [5.74, 6) is 0.0579. The van der Waals surface area contributed by atoms with Gasteiger partial charge in [-0.05, 0) is 43.5 Å². The highest BCUT2D eigenvalue weighted by atomic mass is 35.5. The van der Waals surface area contributed by atoms with Crippen LogP contribution >= 0.6 is 24.0 Å². The maximum atomic E-state index is 12.2. The van der Waals surface area contributed by atoms with Gasteiger partial charge in [0.15, 0.2) is 0 Å². The average molecular weight is 289 g/mol. The van der Waals surface area contributed by atoms with Crippen LogP contribution in [-0.4, -0.2) is 29.9 Å². The van der Waals surface area contributed by atoms with Gasteiger partial charge in [0.2, 0.25) is 0 Å². The number of nitrogens with two attached hydrogens (primary N) is 1. The number of rotatable bonds is 1. The van der Waals surface area contributed by atoms with Gasteiger partial charge in [-0.15, -0.1) is 12.4 Å². The van der Waals surface area contributed by atoms with Gasteiger partial charge in [-0.1, -0.05) is 11.6 Å². The quantitative estimate of drug-likeness (QED) is 0.864. The van der Waals surface area contributed by atoms with E-state index >= 15 is 0 Å². The van der Waals surface area contributed by atoms with Gasteiger partial charge in [0.05, 0.1) is 0 Å². The van der Waals surface area contributed by atoms with Crippen molar-refractivity contribution >= 4 is 29.9 Å². The maximum absolute atomic E-state index is 12.2. The molecule has 5 heteroatoms. The zero-order chi connectivity index (χ0) is 12.4. The van der Waals surface area contributed by atoms with E-state index in [1.165, 1.54) is 0 Å². The zero-order valence-electron chi connectivity index (χ0n) is 10.4. The van der Waals surface area contributed by atoms with Crippen LogP contribution in [0.1, 0.15) is 28.8 Å². The molecule has 0 spiro atoms. The summed E-state index contributed by atoms with van der Waals surface area (Å²) in [4.78, 5) is 14.1. The van der Waals surface area contributed by atoms with Gasteiger partial charge in [0.1, 0.15) is 0 Å². The number of halogens is 2. The first kappa shape index (κ1) is 15.3. The van der Waals surface area contributed by atoms with E-state index in [1.807, 2.05) is 24.0 Å². The van der Waals surface area contributed by atoms with Gasteiger partial charge in [-0.25, -0.2) is 0 Å². The Labute approximate surface area is 119 Å². The summed E-state index contributed by atoms with van der Waals surface area (Å²) < 4.78 is 0. The van der Waals surface area contributed by atoms with E-state index < -0.39 is 0 Å². The minimum atomic E-state index is 0. The average Bonchev–Trinajstić information content (AvgIpc) is 2.28. The highest BCUT2D eigenvalue weighted by Crippen LogP contribution is 2.18. The number of benzene rings is 1. The van der Waals surface area contributed by atoms with E-state index in [4.69, 9.17) is 17.3 Å². The fraction of sp³-hybridized carbons (Fsp3) is 0.462.